The summed E-state index contributed by atoms with van der Waals surface area (Å²) >= 11 is 0. The van der Waals surface area contributed by atoms with Gasteiger partial charge >= 0.3 is 51.4 Å². The Morgan fingerprint density at radius 3 is 3.00 bits per heavy atom. The molecule has 0 heterocycles. The monoisotopic (exact) mass is 210 g/mol. The zero-order valence-electron chi connectivity index (χ0n) is 9.74. The van der Waals surface area contributed by atoms with E-state index in [1.807, 2.05) is 0 Å². The van der Waals surface area contributed by atoms with Gasteiger partial charge in [-0.2, -0.15) is 0 Å². The van der Waals surface area contributed by atoms with E-state index in [1.165, 1.54) is 19.3 Å². The van der Waals surface area contributed by atoms with Crippen molar-refractivity contribution in [3.05, 3.63) is 47.5 Å². The van der Waals surface area contributed by atoms with Crippen LogP contribution in [0.5, 0.6) is 0 Å². The zero-order valence-corrected chi connectivity index (χ0v) is 11.9. The molecule has 14 heavy (non-hydrogen) atoms. The van der Waals surface area contributed by atoms with Crippen molar-refractivity contribution < 1.29 is 52.8 Å². The fourth-order valence-corrected chi connectivity index (χ4v) is 2.80. The average molecular weight is 210 g/mol. The van der Waals surface area contributed by atoms with Gasteiger partial charge in [0.05, 0.1) is 0 Å². The first kappa shape index (κ1) is 11.1. The Bertz CT molecular complexity index is 359. The topological polar surface area (TPSA) is 0 Å². The van der Waals surface area contributed by atoms with Crippen LogP contribution in [0.2, 0.25) is 0 Å². The summed E-state index contributed by atoms with van der Waals surface area (Å²) in [7, 11) is 0. The quantitative estimate of drug-likeness (QED) is 0.430. The third kappa shape index (κ3) is 1.81. The minimum absolute atomic E-state index is 0. The van der Waals surface area contributed by atoms with Gasteiger partial charge in [0.25, 0.3) is 0 Å². The van der Waals surface area contributed by atoms with Gasteiger partial charge in [-0.1, -0.05) is 36.4 Å². The molecule has 1 aromatic carbocycles. The van der Waals surface area contributed by atoms with Crippen LogP contribution in [-0.4, -0.2) is 0 Å². The molecule has 0 aromatic heterocycles. The third-order valence-electron chi connectivity index (χ3n) is 3.45. The fraction of sp³-hybridized carbons (Fsp3) is 0.385. The van der Waals surface area contributed by atoms with Crippen molar-refractivity contribution in [2.24, 2.45) is 5.92 Å². The van der Waals surface area contributed by atoms with E-state index in [2.05, 4.69) is 36.4 Å². The molecule has 3 rings (SSSR count). The Labute approximate surface area is 130 Å². The number of hydrogen-bond donors (Lipinski definition) is 0. The first-order valence-electron chi connectivity index (χ1n) is 5.19. The van der Waals surface area contributed by atoms with E-state index < -0.39 is 0 Å². The van der Waals surface area contributed by atoms with Crippen molar-refractivity contribution in [2.45, 2.75) is 25.2 Å². The van der Waals surface area contributed by atoms with Crippen LogP contribution in [-0.2, 0) is 6.42 Å². The minimum atomic E-state index is 0. The standard InChI is InChI=1S/C13H14.K.H/c1-3-7-12-10(5-1)9-11-6-2-4-8-13(11)12;;/h1,3-5,7-8,11,13H,2,6,9H2;;/q;+1;-1. The molecule has 0 nitrogen and oxygen atoms in total. The van der Waals surface area contributed by atoms with E-state index in [9.17, 15) is 0 Å². The average Bonchev–Trinajstić information content (AvgIpc) is 2.56. The van der Waals surface area contributed by atoms with Crippen molar-refractivity contribution in [3.63, 3.8) is 0 Å². The van der Waals surface area contributed by atoms with Gasteiger partial charge in [0.1, 0.15) is 0 Å². The van der Waals surface area contributed by atoms with E-state index in [0.29, 0.717) is 0 Å². The van der Waals surface area contributed by atoms with Crippen LogP contribution in [0, 0.1) is 5.92 Å². The second-order valence-electron chi connectivity index (χ2n) is 4.19. The Morgan fingerprint density at radius 1 is 1.21 bits per heavy atom. The molecular formula is C13H15K. The molecule has 0 radical (unpaired) electrons. The smallest absolute Gasteiger partial charge is 1.00 e. The van der Waals surface area contributed by atoms with E-state index in [-0.39, 0.29) is 52.8 Å². The molecule has 1 aromatic rings. The van der Waals surface area contributed by atoms with Crippen LogP contribution in [0.4, 0.5) is 0 Å². The summed E-state index contributed by atoms with van der Waals surface area (Å²) in [4.78, 5) is 0. The predicted molar refractivity (Wildman–Crippen MR) is 55.9 cm³/mol. The first-order valence-corrected chi connectivity index (χ1v) is 5.19. The predicted octanol–water partition coefficient (Wildman–Crippen LogP) is 0.409. The molecule has 0 saturated heterocycles. The van der Waals surface area contributed by atoms with Crippen LogP contribution in [0.15, 0.2) is 36.4 Å². The van der Waals surface area contributed by atoms with Gasteiger partial charge in [-0.15, -0.1) is 0 Å². The summed E-state index contributed by atoms with van der Waals surface area (Å²) in [6.07, 6.45) is 8.75. The molecule has 0 aliphatic heterocycles. The molecule has 0 N–H and O–H groups in total. The maximum absolute atomic E-state index is 2.42. The molecule has 2 atom stereocenters. The van der Waals surface area contributed by atoms with Crippen molar-refractivity contribution in [1.29, 1.82) is 0 Å². The Hall–Kier alpha value is 0.596. The number of hydrogen-bond acceptors (Lipinski definition) is 0. The third-order valence-corrected chi connectivity index (χ3v) is 3.45. The van der Waals surface area contributed by atoms with Crippen LogP contribution in [0.3, 0.4) is 0 Å². The maximum Gasteiger partial charge on any atom is 1.00 e. The molecule has 0 bridgehead atoms. The molecule has 2 aliphatic carbocycles. The van der Waals surface area contributed by atoms with Crippen molar-refractivity contribution in [3.8, 4) is 0 Å². The molecule has 0 fully saturated rings. The molecule has 2 unspecified atom stereocenters. The second kappa shape index (κ2) is 4.63. The van der Waals surface area contributed by atoms with E-state index in [1.54, 1.807) is 11.1 Å². The van der Waals surface area contributed by atoms with Gasteiger partial charge in [0.2, 0.25) is 0 Å². The summed E-state index contributed by atoms with van der Waals surface area (Å²) in [6, 6.07) is 8.93. The van der Waals surface area contributed by atoms with Gasteiger partial charge in [-0.05, 0) is 36.3 Å². The van der Waals surface area contributed by atoms with Crippen LogP contribution < -0.4 is 51.4 Å². The van der Waals surface area contributed by atoms with E-state index in [4.69, 9.17) is 0 Å². The Balaban J connectivity index is 0.000000562. The van der Waals surface area contributed by atoms with Gasteiger partial charge in [0, 0.05) is 5.92 Å². The van der Waals surface area contributed by atoms with E-state index >= 15 is 0 Å². The molecule has 2 aliphatic rings. The summed E-state index contributed by atoms with van der Waals surface area (Å²) in [5.41, 5.74) is 3.17. The van der Waals surface area contributed by atoms with Gasteiger partial charge in [0.15, 0.2) is 0 Å². The number of benzene rings is 1. The zero-order chi connectivity index (χ0) is 8.67. The van der Waals surface area contributed by atoms with E-state index in [0.717, 1.165) is 11.8 Å². The van der Waals surface area contributed by atoms with Crippen molar-refractivity contribution in [2.75, 3.05) is 0 Å². The van der Waals surface area contributed by atoms with Crippen LogP contribution in [0.1, 0.15) is 31.3 Å². The molecule has 0 spiro atoms. The van der Waals surface area contributed by atoms with Gasteiger partial charge in [-0.25, -0.2) is 0 Å². The summed E-state index contributed by atoms with van der Waals surface area (Å²) < 4.78 is 0. The number of fused-ring (bicyclic) bond motifs is 3. The minimum Gasteiger partial charge on any atom is -1.00 e. The van der Waals surface area contributed by atoms with Crippen LogP contribution >= 0.6 is 0 Å². The second-order valence-corrected chi connectivity index (χ2v) is 4.19. The van der Waals surface area contributed by atoms with Crippen molar-refractivity contribution in [1.82, 2.24) is 0 Å². The maximum atomic E-state index is 2.42. The van der Waals surface area contributed by atoms with Gasteiger partial charge in [-0.3, -0.25) is 0 Å². The number of allylic oxidation sites excluding steroid dienone is 2. The Kier molecular flexibility index (Phi) is 3.66. The molecule has 68 valence electrons. The van der Waals surface area contributed by atoms with Crippen molar-refractivity contribution >= 4 is 0 Å². The normalized spacial score (nSPS) is 27.7. The summed E-state index contributed by atoms with van der Waals surface area (Å²) in [5, 5.41) is 0. The first-order chi connectivity index (χ1) is 6.45. The van der Waals surface area contributed by atoms with Crippen LogP contribution in [0.25, 0.3) is 0 Å². The summed E-state index contributed by atoms with van der Waals surface area (Å²) in [6.45, 7) is 0. The molecule has 0 amide bonds. The number of rotatable bonds is 0. The molecule has 1 heteroatoms. The fourth-order valence-electron chi connectivity index (χ4n) is 2.80. The molecular weight excluding hydrogens is 195 g/mol. The Morgan fingerprint density at radius 2 is 2.07 bits per heavy atom. The van der Waals surface area contributed by atoms with Gasteiger partial charge < -0.3 is 1.43 Å². The SMILES string of the molecule is C1=CC2c3ccccc3CC2CC1.[H-].[K+]. The molecule has 0 saturated carbocycles. The summed E-state index contributed by atoms with van der Waals surface area (Å²) in [5.74, 6) is 1.65. The largest absolute Gasteiger partial charge is 1.00 e.